The summed E-state index contributed by atoms with van der Waals surface area (Å²) in [5.41, 5.74) is 1.13. The van der Waals surface area contributed by atoms with E-state index in [-0.39, 0.29) is 0 Å². The van der Waals surface area contributed by atoms with Crippen LogP contribution in [0.4, 0.5) is 0 Å². The molecule has 0 amide bonds. The van der Waals surface area contributed by atoms with Crippen LogP contribution >= 0.6 is 31.9 Å². The van der Waals surface area contributed by atoms with Crippen molar-refractivity contribution in [1.82, 2.24) is 10.3 Å². The molecule has 0 bridgehead atoms. The zero-order valence-electron chi connectivity index (χ0n) is 12.6. The quantitative estimate of drug-likeness (QED) is 0.482. The first-order chi connectivity index (χ1) is 9.69. The van der Waals surface area contributed by atoms with E-state index in [2.05, 4.69) is 62.1 Å². The summed E-state index contributed by atoms with van der Waals surface area (Å²) < 4.78 is 2.10. The summed E-state index contributed by atoms with van der Waals surface area (Å²) in [6.45, 7) is 5.39. The van der Waals surface area contributed by atoms with Crippen molar-refractivity contribution in [3.8, 4) is 0 Å². The fourth-order valence-corrected chi connectivity index (χ4v) is 3.66. The lowest BCUT2D eigenvalue weighted by atomic mass is 10.0. The van der Waals surface area contributed by atoms with Crippen LogP contribution < -0.4 is 5.32 Å². The second-order valence-corrected chi connectivity index (χ2v) is 6.96. The van der Waals surface area contributed by atoms with Crippen LogP contribution in [0.2, 0.25) is 0 Å². The molecule has 1 aromatic heterocycles. The second kappa shape index (κ2) is 10.7. The number of hydrogen-bond donors (Lipinski definition) is 1. The largest absolute Gasteiger partial charge is 0.309 e. The van der Waals surface area contributed by atoms with E-state index in [1.165, 1.54) is 38.5 Å². The number of unbranched alkanes of at least 4 members (excludes halogenated alkanes) is 5. The van der Waals surface area contributed by atoms with Gasteiger partial charge in [0.25, 0.3) is 0 Å². The molecule has 114 valence electrons. The van der Waals surface area contributed by atoms with Crippen molar-refractivity contribution in [2.45, 2.75) is 64.8 Å². The van der Waals surface area contributed by atoms with E-state index in [0.717, 1.165) is 27.6 Å². The van der Waals surface area contributed by atoms with Crippen LogP contribution in [0.5, 0.6) is 0 Å². The first-order valence-corrected chi connectivity index (χ1v) is 9.32. The van der Waals surface area contributed by atoms with E-state index < -0.39 is 0 Å². The molecule has 20 heavy (non-hydrogen) atoms. The molecule has 0 aliphatic heterocycles. The number of hydrogen-bond acceptors (Lipinski definition) is 2. The molecule has 1 N–H and O–H groups in total. The number of aromatic nitrogens is 1. The molecule has 0 radical (unpaired) electrons. The monoisotopic (exact) mass is 404 g/mol. The maximum Gasteiger partial charge on any atom is 0.0715 e. The molecule has 0 spiro atoms. The fraction of sp³-hybridized carbons (Fsp3) is 0.688. The van der Waals surface area contributed by atoms with Crippen molar-refractivity contribution in [3.63, 3.8) is 0 Å². The third-order valence-corrected chi connectivity index (χ3v) is 4.53. The number of pyridine rings is 1. The Balaban J connectivity index is 2.47. The molecule has 0 fully saturated rings. The van der Waals surface area contributed by atoms with E-state index in [4.69, 9.17) is 0 Å². The second-order valence-electron chi connectivity index (χ2n) is 5.19. The number of nitrogens with one attached hydrogen (secondary N) is 1. The zero-order chi connectivity index (χ0) is 14.8. The van der Waals surface area contributed by atoms with Gasteiger partial charge < -0.3 is 5.32 Å². The van der Waals surface area contributed by atoms with Gasteiger partial charge in [0.2, 0.25) is 0 Å². The molecular formula is C16H26Br2N2. The van der Waals surface area contributed by atoms with Gasteiger partial charge in [0.05, 0.1) is 11.7 Å². The topological polar surface area (TPSA) is 24.9 Å². The van der Waals surface area contributed by atoms with Gasteiger partial charge >= 0.3 is 0 Å². The van der Waals surface area contributed by atoms with Crippen LogP contribution in [0.3, 0.4) is 0 Å². The highest BCUT2D eigenvalue weighted by Gasteiger charge is 2.15. The summed E-state index contributed by atoms with van der Waals surface area (Å²) in [6.07, 6.45) is 11.1. The van der Waals surface area contributed by atoms with Crippen LogP contribution in [0.25, 0.3) is 0 Å². The summed E-state index contributed by atoms with van der Waals surface area (Å²) >= 11 is 7.09. The lowest BCUT2D eigenvalue weighted by molar-refractivity contribution is 0.467. The van der Waals surface area contributed by atoms with Crippen LogP contribution in [0.15, 0.2) is 21.2 Å². The summed E-state index contributed by atoms with van der Waals surface area (Å²) in [6, 6.07) is 2.43. The zero-order valence-corrected chi connectivity index (χ0v) is 15.8. The average molecular weight is 406 g/mol. The molecule has 0 saturated carbocycles. The van der Waals surface area contributed by atoms with Crippen molar-refractivity contribution in [2.24, 2.45) is 0 Å². The van der Waals surface area contributed by atoms with Crippen LogP contribution in [0, 0.1) is 0 Å². The molecule has 0 aromatic carbocycles. The highest BCUT2D eigenvalue weighted by Crippen LogP contribution is 2.27. The summed E-state index contributed by atoms with van der Waals surface area (Å²) in [7, 11) is 0. The van der Waals surface area contributed by atoms with Gasteiger partial charge in [-0.15, -0.1) is 0 Å². The lowest BCUT2D eigenvalue weighted by Gasteiger charge is -2.18. The van der Waals surface area contributed by atoms with E-state index in [0.29, 0.717) is 6.04 Å². The Kier molecular flexibility index (Phi) is 9.74. The Labute approximate surface area is 140 Å². The Morgan fingerprint density at radius 1 is 1.10 bits per heavy atom. The minimum atomic E-state index is 0.355. The number of halogens is 2. The molecular weight excluding hydrogens is 380 g/mol. The normalized spacial score (nSPS) is 12.6. The molecule has 1 aromatic rings. The molecule has 4 heteroatoms. The standard InChI is InChI=1S/C16H26Br2N2/c1-3-5-6-7-8-9-10-15(19-4-2)16-14(18)11-13(17)12-20-16/h11-12,15,19H,3-10H2,1-2H3. The first kappa shape index (κ1) is 18.1. The lowest BCUT2D eigenvalue weighted by Crippen LogP contribution is -2.22. The molecule has 0 aliphatic carbocycles. The fourth-order valence-electron chi connectivity index (χ4n) is 2.39. The third-order valence-electron chi connectivity index (χ3n) is 3.46. The predicted octanol–water partition coefficient (Wildman–Crippen LogP) is 6.01. The van der Waals surface area contributed by atoms with Crippen molar-refractivity contribution >= 4 is 31.9 Å². The van der Waals surface area contributed by atoms with Crippen molar-refractivity contribution in [1.29, 1.82) is 0 Å². The minimum absolute atomic E-state index is 0.355. The van der Waals surface area contributed by atoms with Crippen LogP contribution in [0.1, 0.15) is 70.5 Å². The molecule has 1 heterocycles. The van der Waals surface area contributed by atoms with E-state index in [1.807, 2.05) is 6.20 Å². The van der Waals surface area contributed by atoms with Crippen molar-refractivity contribution < 1.29 is 0 Å². The van der Waals surface area contributed by atoms with Gasteiger partial charge in [-0.25, -0.2) is 0 Å². The molecule has 0 aliphatic rings. The summed E-state index contributed by atoms with van der Waals surface area (Å²) in [4.78, 5) is 4.57. The Hall–Kier alpha value is 0.0700. The summed E-state index contributed by atoms with van der Waals surface area (Å²) in [5, 5.41) is 3.55. The molecule has 2 nitrogen and oxygen atoms in total. The molecule has 1 atom stereocenters. The Morgan fingerprint density at radius 2 is 1.80 bits per heavy atom. The van der Waals surface area contributed by atoms with Crippen molar-refractivity contribution in [2.75, 3.05) is 6.54 Å². The van der Waals surface area contributed by atoms with Gasteiger partial charge in [0.15, 0.2) is 0 Å². The van der Waals surface area contributed by atoms with Gasteiger partial charge in [-0.3, -0.25) is 4.98 Å². The van der Waals surface area contributed by atoms with Gasteiger partial charge in [0, 0.05) is 15.1 Å². The summed E-state index contributed by atoms with van der Waals surface area (Å²) in [5.74, 6) is 0. The van der Waals surface area contributed by atoms with Gasteiger partial charge in [-0.1, -0.05) is 52.4 Å². The van der Waals surface area contributed by atoms with Gasteiger partial charge in [-0.2, -0.15) is 0 Å². The van der Waals surface area contributed by atoms with Crippen LogP contribution in [-0.2, 0) is 0 Å². The molecule has 0 saturated heterocycles. The maximum absolute atomic E-state index is 4.57. The molecule has 1 rings (SSSR count). The number of nitrogens with zero attached hydrogens (tertiary/aromatic N) is 1. The van der Waals surface area contributed by atoms with E-state index >= 15 is 0 Å². The van der Waals surface area contributed by atoms with E-state index in [1.54, 1.807) is 0 Å². The average Bonchev–Trinajstić information content (AvgIpc) is 2.42. The SMILES string of the molecule is CCCCCCCCC(NCC)c1ncc(Br)cc1Br. The minimum Gasteiger partial charge on any atom is -0.309 e. The smallest absolute Gasteiger partial charge is 0.0715 e. The van der Waals surface area contributed by atoms with Crippen molar-refractivity contribution in [3.05, 3.63) is 26.9 Å². The highest BCUT2D eigenvalue weighted by atomic mass is 79.9. The van der Waals surface area contributed by atoms with Crippen LogP contribution in [-0.4, -0.2) is 11.5 Å². The first-order valence-electron chi connectivity index (χ1n) is 7.73. The third kappa shape index (κ3) is 6.68. The van der Waals surface area contributed by atoms with E-state index in [9.17, 15) is 0 Å². The predicted molar refractivity (Wildman–Crippen MR) is 94.0 cm³/mol. The highest BCUT2D eigenvalue weighted by molar-refractivity contribution is 9.11. The number of rotatable bonds is 10. The van der Waals surface area contributed by atoms with Gasteiger partial charge in [0.1, 0.15) is 0 Å². The Bertz CT molecular complexity index is 383. The Morgan fingerprint density at radius 3 is 2.45 bits per heavy atom. The molecule has 1 unspecified atom stereocenters. The maximum atomic E-state index is 4.57. The van der Waals surface area contributed by atoms with Gasteiger partial charge in [-0.05, 0) is 50.9 Å².